The lowest BCUT2D eigenvalue weighted by atomic mass is 9.76. The molecule has 1 aliphatic rings. The highest BCUT2D eigenvalue weighted by atomic mass is 16.6. The Morgan fingerprint density at radius 3 is 1.95 bits per heavy atom. The predicted molar refractivity (Wildman–Crippen MR) is 162 cm³/mol. The maximum atomic E-state index is 12.5. The van der Waals surface area contributed by atoms with E-state index in [1.165, 1.54) is 0 Å². The summed E-state index contributed by atoms with van der Waals surface area (Å²) in [5.74, 6) is 0.691. The zero-order valence-corrected chi connectivity index (χ0v) is 23.7. The van der Waals surface area contributed by atoms with Crippen molar-refractivity contribution in [3.8, 4) is 0 Å². The van der Waals surface area contributed by atoms with Crippen LogP contribution >= 0.6 is 0 Å². The number of hydrogen-bond acceptors (Lipinski definition) is 5. The molecule has 6 rings (SSSR count). The van der Waals surface area contributed by atoms with Gasteiger partial charge in [-0.05, 0) is 49.9 Å². The maximum Gasteiger partial charge on any atom is 0.410 e. The number of fused-ring (bicyclic) bond motifs is 1. The highest BCUT2D eigenvalue weighted by molar-refractivity contribution is 5.75. The van der Waals surface area contributed by atoms with Gasteiger partial charge in [0, 0.05) is 25.3 Å². The molecular formula is C34H35N5O2. The molecule has 1 unspecified atom stereocenters. The molecule has 3 aromatic carbocycles. The molecule has 0 saturated carbocycles. The summed E-state index contributed by atoms with van der Waals surface area (Å²) in [6, 6.07) is 33.8. The average molecular weight is 546 g/mol. The first-order valence-corrected chi connectivity index (χ1v) is 14.1. The summed E-state index contributed by atoms with van der Waals surface area (Å²) < 4.78 is 7.79. The van der Waals surface area contributed by atoms with Crippen molar-refractivity contribution in [2.75, 3.05) is 18.4 Å². The number of carbonyl (C=O) groups is 1. The molecular weight excluding hydrogens is 510 g/mol. The molecule has 7 nitrogen and oxygen atoms in total. The van der Waals surface area contributed by atoms with Gasteiger partial charge in [0.05, 0.1) is 6.20 Å². The second kappa shape index (κ2) is 10.7. The average Bonchev–Trinajstić information content (AvgIpc) is 3.62. The van der Waals surface area contributed by atoms with Gasteiger partial charge >= 0.3 is 6.09 Å². The highest BCUT2D eigenvalue weighted by Gasteiger charge is 2.39. The predicted octanol–water partition coefficient (Wildman–Crippen LogP) is 6.69. The zero-order chi connectivity index (χ0) is 28.5. The Morgan fingerprint density at radius 1 is 0.854 bits per heavy atom. The number of nitrogens with zero attached hydrogens (tertiary/aromatic N) is 4. The molecule has 0 spiro atoms. The molecule has 0 radical (unpaired) electrons. The van der Waals surface area contributed by atoms with E-state index in [0.29, 0.717) is 18.9 Å². The van der Waals surface area contributed by atoms with E-state index in [1.54, 1.807) is 11.1 Å². The number of ether oxygens (including phenoxy) is 1. The molecule has 7 heteroatoms. The van der Waals surface area contributed by atoms with E-state index in [0.717, 1.165) is 34.3 Å². The minimum atomic E-state index is -0.658. The van der Waals surface area contributed by atoms with Crippen LogP contribution in [0.25, 0.3) is 11.2 Å². The Bertz CT molecular complexity index is 1530. The molecule has 1 aliphatic heterocycles. The lowest BCUT2D eigenvalue weighted by Crippen LogP contribution is -2.37. The topological polar surface area (TPSA) is 72.3 Å². The Labute approximate surface area is 240 Å². The van der Waals surface area contributed by atoms with Gasteiger partial charge in [-0.25, -0.2) is 14.8 Å². The molecule has 0 bridgehead atoms. The van der Waals surface area contributed by atoms with Crippen LogP contribution in [-0.4, -0.2) is 50.3 Å². The monoisotopic (exact) mass is 545 g/mol. The van der Waals surface area contributed by atoms with Crippen molar-refractivity contribution in [2.24, 2.45) is 0 Å². The van der Waals surface area contributed by atoms with Gasteiger partial charge in [-0.2, -0.15) is 0 Å². The molecule has 1 fully saturated rings. The van der Waals surface area contributed by atoms with Crippen molar-refractivity contribution in [3.63, 3.8) is 0 Å². The number of rotatable bonds is 6. The van der Waals surface area contributed by atoms with Crippen LogP contribution in [0.5, 0.6) is 0 Å². The molecule has 1 N–H and O–H groups in total. The number of benzene rings is 3. The summed E-state index contributed by atoms with van der Waals surface area (Å²) in [7, 11) is 0. The minimum Gasteiger partial charge on any atom is -0.444 e. The Balaban J connectivity index is 1.38. The third-order valence-corrected chi connectivity index (χ3v) is 7.52. The summed E-state index contributed by atoms with van der Waals surface area (Å²) in [6.45, 7) is 6.86. The van der Waals surface area contributed by atoms with E-state index < -0.39 is 11.1 Å². The molecule has 5 aromatic rings. The Kier molecular flexibility index (Phi) is 6.95. The van der Waals surface area contributed by atoms with Crippen LogP contribution in [0.3, 0.4) is 0 Å². The standard InChI is InChI=1S/C34H35N5O2/c1-33(2,3)41-32(40)38-21-19-28(24-38)36-30-23-35-31-29(37-30)20-22-39(31)34(25-13-7-4-8-14-25,26-15-9-5-10-16-26)27-17-11-6-12-18-27/h4-18,20,22-23,28H,19,21,24H2,1-3H3,(H,36,37). The number of aromatic nitrogens is 3. The maximum absolute atomic E-state index is 12.5. The quantitative estimate of drug-likeness (QED) is 0.241. The van der Waals surface area contributed by atoms with E-state index in [2.05, 4.69) is 88.9 Å². The normalized spacial score (nSPS) is 15.7. The van der Waals surface area contributed by atoms with Gasteiger partial charge < -0.3 is 19.5 Å². The van der Waals surface area contributed by atoms with Gasteiger partial charge in [-0.3, -0.25) is 0 Å². The third kappa shape index (κ3) is 5.15. The second-order valence-corrected chi connectivity index (χ2v) is 11.5. The lowest BCUT2D eigenvalue weighted by Gasteiger charge is -2.38. The summed E-state index contributed by atoms with van der Waals surface area (Å²) in [5, 5.41) is 3.49. The van der Waals surface area contributed by atoms with Crippen LogP contribution in [0, 0.1) is 0 Å². The molecule has 41 heavy (non-hydrogen) atoms. The first kappa shape index (κ1) is 26.6. The van der Waals surface area contributed by atoms with E-state index in [9.17, 15) is 4.79 Å². The largest absolute Gasteiger partial charge is 0.444 e. The number of nitrogens with one attached hydrogen (secondary N) is 1. The van der Waals surface area contributed by atoms with Crippen molar-refractivity contribution >= 4 is 23.1 Å². The van der Waals surface area contributed by atoms with Gasteiger partial charge in [0.25, 0.3) is 0 Å². The second-order valence-electron chi connectivity index (χ2n) is 11.5. The van der Waals surface area contributed by atoms with E-state index in [-0.39, 0.29) is 12.1 Å². The summed E-state index contributed by atoms with van der Waals surface area (Å²) in [5.41, 5.74) is 3.80. The fourth-order valence-electron chi connectivity index (χ4n) is 5.79. The fraction of sp³-hybridized carbons (Fsp3) is 0.265. The number of likely N-dealkylation sites (tertiary alicyclic amines) is 1. The Hall–Kier alpha value is -4.65. The number of carbonyl (C=O) groups excluding carboxylic acids is 1. The van der Waals surface area contributed by atoms with Crippen LogP contribution < -0.4 is 5.32 Å². The number of anilines is 1. The molecule has 1 saturated heterocycles. The summed E-state index contributed by atoms with van der Waals surface area (Å²) in [6.07, 6.45) is 4.42. The molecule has 1 atom stereocenters. The first-order valence-electron chi connectivity index (χ1n) is 14.1. The molecule has 1 amide bonds. The van der Waals surface area contributed by atoms with Crippen molar-refractivity contribution in [1.29, 1.82) is 0 Å². The van der Waals surface area contributed by atoms with Gasteiger partial charge in [0.1, 0.15) is 22.5 Å². The van der Waals surface area contributed by atoms with Crippen molar-refractivity contribution in [2.45, 2.75) is 44.4 Å². The Morgan fingerprint density at radius 2 is 1.41 bits per heavy atom. The number of amides is 1. The smallest absolute Gasteiger partial charge is 0.410 e. The molecule has 208 valence electrons. The van der Waals surface area contributed by atoms with Crippen LogP contribution in [0.4, 0.5) is 10.6 Å². The fourth-order valence-corrected chi connectivity index (χ4v) is 5.79. The van der Waals surface area contributed by atoms with Crippen molar-refractivity contribution < 1.29 is 9.53 Å². The number of hydrogen-bond donors (Lipinski definition) is 1. The zero-order valence-electron chi connectivity index (χ0n) is 23.7. The van der Waals surface area contributed by atoms with Crippen LogP contribution in [-0.2, 0) is 10.3 Å². The molecule has 0 aliphatic carbocycles. The van der Waals surface area contributed by atoms with Crippen LogP contribution in [0.2, 0.25) is 0 Å². The van der Waals surface area contributed by atoms with Crippen LogP contribution in [0.15, 0.2) is 109 Å². The van der Waals surface area contributed by atoms with Gasteiger partial charge in [0.15, 0.2) is 5.65 Å². The highest BCUT2D eigenvalue weighted by Crippen LogP contribution is 2.42. The summed E-state index contributed by atoms with van der Waals surface area (Å²) in [4.78, 5) is 24.2. The van der Waals surface area contributed by atoms with Crippen LogP contribution in [0.1, 0.15) is 43.9 Å². The van der Waals surface area contributed by atoms with Gasteiger partial charge in [-0.15, -0.1) is 0 Å². The third-order valence-electron chi connectivity index (χ3n) is 7.52. The van der Waals surface area contributed by atoms with Gasteiger partial charge in [0.2, 0.25) is 0 Å². The van der Waals surface area contributed by atoms with Crippen molar-refractivity contribution in [3.05, 3.63) is 126 Å². The summed E-state index contributed by atoms with van der Waals surface area (Å²) >= 11 is 0. The van der Waals surface area contributed by atoms with E-state index >= 15 is 0 Å². The van der Waals surface area contributed by atoms with Gasteiger partial charge in [-0.1, -0.05) is 91.0 Å². The molecule has 3 heterocycles. The first-order chi connectivity index (χ1) is 19.8. The van der Waals surface area contributed by atoms with E-state index in [1.807, 2.05) is 45.0 Å². The molecule has 2 aromatic heterocycles. The minimum absolute atomic E-state index is 0.0772. The SMILES string of the molecule is CC(C)(C)OC(=O)N1CCC(Nc2cnc3c(ccn3C(c3ccccc3)(c3ccccc3)c3ccccc3)n2)C1. The van der Waals surface area contributed by atoms with E-state index in [4.69, 9.17) is 14.7 Å². The lowest BCUT2D eigenvalue weighted by molar-refractivity contribution is 0.0293. The van der Waals surface area contributed by atoms with Crippen molar-refractivity contribution in [1.82, 2.24) is 19.4 Å².